The number of Topliss-reactive ketones (excluding diaryl/α,β-unsaturated/α-hetero) is 2. The maximum Gasteiger partial charge on any atom is 0.408 e. The second kappa shape index (κ2) is 19.7. The lowest BCUT2D eigenvalue weighted by molar-refractivity contribution is -0.137. The minimum Gasteiger partial charge on any atom is -0.481 e. The number of sulfone groups is 2. The van der Waals surface area contributed by atoms with Crippen LogP contribution in [0.1, 0.15) is 57.7 Å². The molecule has 16 nitrogen and oxygen atoms in total. The Labute approximate surface area is 361 Å². The topological polar surface area (TPSA) is 254 Å². The quantitative estimate of drug-likeness (QED) is 0.0947. The summed E-state index contributed by atoms with van der Waals surface area (Å²) in [6.45, 7) is -1.02. The van der Waals surface area contributed by atoms with Crippen molar-refractivity contribution in [2.45, 2.75) is 29.9 Å². The van der Waals surface area contributed by atoms with Crippen LogP contribution in [0.4, 0.5) is 9.59 Å². The third kappa shape index (κ3) is 11.4. The van der Waals surface area contributed by atoms with Gasteiger partial charge in [0.25, 0.3) is 0 Å². The van der Waals surface area contributed by atoms with Gasteiger partial charge in [-0.1, -0.05) is 97.1 Å². The molecule has 0 spiro atoms. The van der Waals surface area contributed by atoms with Crippen molar-refractivity contribution < 1.29 is 65.3 Å². The van der Waals surface area contributed by atoms with Crippen LogP contribution < -0.4 is 10.6 Å². The smallest absolute Gasteiger partial charge is 0.408 e. The average molecular weight is 897 g/mol. The molecule has 18 heteroatoms. The molecule has 0 aliphatic heterocycles. The monoisotopic (exact) mass is 896 g/mol. The molecule has 2 aliphatic carbocycles. The fourth-order valence-corrected chi connectivity index (χ4v) is 9.64. The van der Waals surface area contributed by atoms with Crippen LogP contribution in [0, 0.1) is 0 Å². The molecule has 2 amide bonds. The second-order valence-corrected chi connectivity index (χ2v) is 18.6. The summed E-state index contributed by atoms with van der Waals surface area (Å²) in [5, 5.41) is 22.1. The first kappa shape index (κ1) is 45.3. The molecule has 5 aromatic rings. The Kier molecular flexibility index (Phi) is 14.2. The number of fused-ring (bicyclic) bond motifs is 6. The van der Waals surface area contributed by atoms with Crippen molar-refractivity contribution in [2.24, 2.45) is 0 Å². The summed E-state index contributed by atoms with van der Waals surface area (Å²) in [5.74, 6) is -5.72. The molecule has 0 atom stereocenters. The Morgan fingerprint density at radius 3 is 1.29 bits per heavy atom. The number of aliphatic carboxylic acids is 1. The molecule has 0 heterocycles. The number of carboxylic acids is 2. The van der Waals surface area contributed by atoms with Gasteiger partial charge in [0.1, 0.15) is 11.5 Å². The van der Waals surface area contributed by atoms with E-state index in [1.807, 2.05) is 97.1 Å². The summed E-state index contributed by atoms with van der Waals surface area (Å²) < 4.78 is 59.6. The van der Waals surface area contributed by atoms with E-state index in [0.29, 0.717) is 0 Å². The van der Waals surface area contributed by atoms with Gasteiger partial charge in [0.2, 0.25) is 0 Å². The molecular weight excluding hydrogens is 857 g/mol. The van der Waals surface area contributed by atoms with Gasteiger partial charge in [0.05, 0.1) is 29.3 Å². The van der Waals surface area contributed by atoms with E-state index in [9.17, 15) is 45.6 Å². The molecule has 0 radical (unpaired) electrons. The zero-order valence-corrected chi connectivity index (χ0v) is 34.9. The van der Waals surface area contributed by atoms with Crippen LogP contribution in [-0.2, 0) is 43.5 Å². The third-order valence-corrected chi connectivity index (χ3v) is 13.3. The second-order valence-electron chi connectivity index (χ2n) is 14.4. The summed E-state index contributed by atoms with van der Waals surface area (Å²) in [4.78, 5) is 69.9. The molecule has 326 valence electrons. The number of nitrogens with one attached hydrogen (secondary N) is 2. The van der Waals surface area contributed by atoms with Gasteiger partial charge in [0, 0.05) is 28.7 Å². The van der Waals surface area contributed by atoms with Crippen molar-refractivity contribution >= 4 is 55.4 Å². The number of hydrogen-bond acceptors (Lipinski definition) is 12. The first-order valence-electron chi connectivity index (χ1n) is 19.3. The Morgan fingerprint density at radius 1 is 0.524 bits per heavy atom. The maximum atomic E-state index is 12.4. The number of ether oxygens (including phenoxy) is 2. The zero-order valence-electron chi connectivity index (χ0n) is 33.3. The van der Waals surface area contributed by atoms with Gasteiger partial charge in [-0.15, -0.1) is 0 Å². The first-order valence-corrected chi connectivity index (χ1v) is 22.8. The van der Waals surface area contributed by atoms with E-state index < -0.39 is 97.9 Å². The van der Waals surface area contributed by atoms with Crippen LogP contribution in [0.3, 0.4) is 0 Å². The van der Waals surface area contributed by atoms with Gasteiger partial charge in [-0.2, -0.15) is 0 Å². The number of alkyl carbamates (subject to hydrolysis) is 2. The largest absolute Gasteiger partial charge is 0.481 e. The van der Waals surface area contributed by atoms with Crippen molar-refractivity contribution in [1.29, 1.82) is 0 Å². The number of benzene rings is 5. The molecule has 7 rings (SSSR count). The van der Waals surface area contributed by atoms with Crippen LogP contribution in [-0.4, -0.2) is 93.1 Å². The van der Waals surface area contributed by atoms with E-state index in [-0.39, 0.29) is 23.3 Å². The van der Waals surface area contributed by atoms with Gasteiger partial charge in [-0.25, -0.2) is 31.2 Å². The molecule has 0 bridgehead atoms. The molecule has 5 aromatic carbocycles. The Hall–Kier alpha value is -7.18. The minimum absolute atomic E-state index is 0.0685. The van der Waals surface area contributed by atoms with E-state index in [4.69, 9.17) is 19.7 Å². The molecule has 0 fully saturated rings. The van der Waals surface area contributed by atoms with Crippen LogP contribution >= 0.6 is 0 Å². The maximum absolute atomic E-state index is 12.4. The highest BCUT2D eigenvalue weighted by Gasteiger charge is 2.33. The van der Waals surface area contributed by atoms with Crippen LogP contribution in [0.5, 0.6) is 0 Å². The molecule has 0 unspecified atom stereocenters. The predicted molar refractivity (Wildman–Crippen MR) is 227 cm³/mol. The van der Waals surface area contributed by atoms with E-state index in [2.05, 4.69) is 10.6 Å². The normalized spacial score (nSPS) is 12.6. The van der Waals surface area contributed by atoms with Gasteiger partial charge in [0.15, 0.2) is 43.4 Å². The SMILES string of the molecule is O=C(CNC(=O)OC1c2ccccc2-c2ccccc21)CS(=O)(=O)c1ccc(C(=O)O)cc1.O=C(O)CCCS(=O)(=O)CC(=O)CNC(=O)OC1c2ccccc2-c2ccccc21. The van der Waals surface area contributed by atoms with Crippen molar-refractivity contribution in [2.75, 3.05) is 30.3 Å². The number of carboxylic acid groups (broad SMARTS) is 2. The highest BCUT2D eigenvalue weighted by Crippen LogP contribution is 2.46. The molecular formula is C45H40N2O14S2. The molecule has 2 aliphatic rings. The number of ketones is 2. The lowest BCUT2D eigenvalue weighted by atomic mass is 10.1. The summed E-state index contributed by atoms with van der Waals surface area (Å²) in [6, 6.07) is 34.7. The van der Waals surface area contributed by atoms with E-state index in [1.165, 1.54) is 0 Å². The lowest BCUT2D eigenvalue weighted by Crippen LogP contribution is -2.34. The molecule has 0 saturated heterocycles. The van der Waals surface area contributed by atoms with E-state index in [1.54, 1.807) is 0 Å². The van der Waals surface area contributed by atoms with Crippen molar-refractivity contribution in [3.63, 3.8) is 0 Å². The predicted octanol–water partition coefficient (Wildman–Crippen LogP) is 5.56. The van der Waals surface area contributed by atoms with Gasteiger partial charge in [-0.3, -0.25) is 14.4 Å². The Balaban J connectivity index is 0.000000211. The molecule has 63 heavy (non-hydrogen) atoms. The number of carbonyl (C=O) groups is 6. The standard InChI is InChI=1S/C24H19NO7S.C21H21NO7S/c26-16(14-33(30,31)17-11-9-15(10-12-17)23(27)28)13-25-24(29)32-22-20-7-3-1-5-18(20)19-6-2-4-8-21(19)22;23-14(13-30(27,28)11-5-10-19(24)25)12-22-21(26)29-20-17-8-3-1-6-15(17)16-7-2-4-9-18(16)20/h1-12,22H,13-14H2,(H,25,29)(H,27,28);1-4,6-9,20H,5,10-13H2,(H,22,26)(H,24,25). The van der Waals surface area contributed by atoms with Gasteiger partial charge < -0.3 is 30.3 Å². The van der Waals surface area contributed by atoms with Crippen molar-refractivity contribution in [1.82, 2.24) is 10.6 Å². The lowest BCUT2D eigenvalue weighted by Gasteiger charge is -2.15. The Morgan fingerprint density at radius 2 is 0.905 bits per heavy atom. The Bertz CT molecular complexity index is 2720. The summed E-state index contributed by atoms with van der Waals surface area (Å²) >= 11 is 0. The van der Waals surface area contributed by atoms with E-state index >= 15 is 0 Å². The minimum atomic E-state index is -3.99. The first-order chi connectivity index (χ1) is 30.0. The number of carbonyl (C=O) groups excluding carboxylic acids is 4. The average Bonchev–Trinajstić information content (AvgIpc) is 3.74. The van der Waals surface area contributed by atoms with Gasteiger partial charge >= 0.3 is 24.1 Å². The fourth-order valence-electron chi connectivity index (χ4n) is 7.07. The molecule has 0 aromatic heterocycles. The number of hydrogen-bond donors (Lipinski definition) is 4. The summed E-state index contributed by atoms with van der Waals surface area (Å²) in [7, 11) is -7.72. The number of rotatable bonds is 16. The third-order valence-electron chi connectivity index (χ3n) is 9.90. The van der Waals surface area contributed by atoms with Crippen LogP contribution in [0.2, 0.25) is 0 Å². The summed E-state index contributed by atoms with van der Waals surface area (Å²) in [6.07, 6.45) is -3.29. The summed E-state index contributed by atoms with van der Waals surface area (Å²) in [5.41, 5.74) is 7.11. The highest BCUT2D eigenvalue weighted by molar-refractivity contribution is 7.92. The van der Waals surface area contributed by atoms with Crippen LogP contribution in [0.25, 0.3) is 22.3 Å². The van der Waals surface area contributed by atoms with Crippen LogP contribution in [0.15, 0.2) is 126 Å². The fraction of sp³-hybridized carbons (Fsp3) is 0.200. The van der Waals surface area contributed by atoms with Gasteiger partial charge in [-0.05, 0) is 52.9 Å². The van der Waals surface area contributed by atoms with Crippen molar-refractivity contribution in [3.8, 4) is 22.3 Å². The molecule has 4 N–H and O–H groups in total. The molecule has 0 saturated carbocycles. The number of aromatic carboxylic acids is 1. The number of amides is 2. The highest BCUT2D eigenvalue weighted by atomic mass is 32.2. The zero-order chi connectivity index (χ0) is 45.3. The van der Waals surface area contributed by atoms with Crippen molar-refractivity contribution in [3.05, 3.63) is 149 Å². The van der Waals surface area contributed by atoms with E-state index in [0.717, 1.165) is 68.8 Å².